The van der Waals surface area contributed by atoms with Gasteiger partial charge in [-0.1, -0.05) is 41.9 Å². The van der Waals surface area contributed by atoms with Gasteiger partial charge < -0.3 is 15.1 Å². The normalized spacial score (nSPS) is 18.3. The third kappa shape index (κ3) is 5.68. The number of hydrogen-bond acceptors (Lipinski definition) is 5. The number of aromatic nitrogens is 2. The number of amides is 2. The van der Waals surface area contributed by atoms with Gasteiger partial charge in [-0.25, -0.2) is 0 Å². The SMILES string of the molecule is O=C(Nc1ccc(C2CCN(C(=O)Cc3ccccc3Cl)CC2)cc1)[C@H]1CCN(c2cccnn2)C1. The van der Waals surface area contributed by atoms with Gasteiger partial charge in [0.2, 0.25) is 11.8 Å². The summed E-state index contributed by atoms with van der Waals surface area (Å²) >= 11 is 6.22. The van der Waals surface area contributed by atoms with Gasteiger partial charge in [0.25, 0.3) is 0 Å². The lowest BCUT2D eigenvalue weighted by molar-refractivity contribution is -0.131. The van der Waals surface area contributed by atoms with Crippen LogP contribution in [0.15, 0.2) is 66.9 Å². The molecule has 2 fully saturated rings. The summed E-state index contributed by atoms with van der Waals surface area (Å²) in [5.41, 5.74) is 2.94. The summed E-state index contributed by atoms with van der Waals surface area (Å²) in [4.78, 5) is 29.6. The Morgan fingerprint density at radius 3 is 2.44 bits per heavy atom. The minimum absolute atomic E-state index is 0.0412. The predicted molar refractivity (Wildman–Crippen MR) is 141 cm³/mol. The zero-order chi connectivity index (χ0) is 24.9. The minimum Gasteiger partial charge on any atom is -0.354 e. The minimum atomic E-state index is -0.0701. The molecule has 0 saturated carbocycles. The number of likely N-dealkylation sites (tertiary alicyclic amines) is 1. The van der Waals surface area contributed by atoms with Crippen molar-refractivity contribution in [3.8, 4) is 0 Å². The number of nitrogens with zero attached hydrogens (tertiary/aromatic N) is 4. The molecular formula is C28H30ClN5O2. The molecule has 1 N–H and O–H groups in total. The molecule has 2 aliphatic heterocycles. The van der Waals surface area contributed by atoms with Gasteiger partial charge in [0, 0.05) is 43.1 Å². The van der Waals surface area contributed by atoms with Gasteiger partial charge in [-0.2, -0.15) is 5.10 Å². The molecule has 1 aromatic heterocycles. The highest BCUT2D eigenvalue weighted by Crippen LogP contribution is 2.30. The van der Waals surface area contributed by atoms with E-state index >= 15 is 0 Å². The van der Waals surface area contributed by atoms with Gasteiger partial charge in [0.05, 0.1) is 12.3 Å². The van der Waals surface area contributed by atoms with Crippen molar-refractivity contribution in [2.75, 3.05) is 36.4 Å². The van der Waals surface area contributed by atoms with E-state index in [0.29, 0.717) is 23.9 Å². The molecule has 0 radical (unpaired) electrons. The Hall–Kier alpha value is -3.45. The standard InChI is InChI=1S/C28H30ClN5O2/c29-25-5-2-1-4-22(25)18-27(35)33-15-11-21(12-16-33)20-7-9-24(10-8-20)31-28(36)23-13-17-34(19-23)26-6-3-14-30-32-26/h1-10,14,21,23H,11-13,15-19H2,(H,31,36)/t23-/m0/s1. The highest BCUT2D eigenvalue weighted by atomic mass is 35.5. The first-order valence-electron chi connectivity index (χ1n) is 12.5. The second kappa shape index (κ2) is 11.1. The average Bonchev–Trinajstić information content (AvgIpc) is 3.42. The predicted octanol–water partition coefficient (Wildman–Crippen LogP) is 4.54. The van der Waals surface area contributed by atoms with E-state index in [-0.39, 0.29) is 17.7 Å². The van der Waals surface area contributed by atoms with Gasteiger partial charge >= 0.3 is 0 Å². The molecule has 7 nitrogen and oxygen atoms in total. The van der Waals surface area contributed by atoms with Crippen LogP contribution in [-0.2, 0) is 16.0 Å². The average molecular weight is 504 g/mol. The first-order chi connectivity index (χ1) is 17.6. The van der Waals surface area contributed by atoms with Crippen molar-refractivity contribution < 1.29 is 9.59 Å². The molecule has 2 saturated heterocycles. The summed E-state index contributed by atoms with van der Waals surface area (Å²) < 4.78 is 0. The molecular weight excluding hydrogens is 474 g/mol. The van der Waals surface area contributed by atoms with E-state index in [1.54, 1.807) is 6.20 Å². The Morgan fingerprint density at radius 1 is 0.944 bits per heavy atom. The fourth-order valence-electron chi connectivity index (χ4n) is 5.11. The Balaban J connectivity index is 1.10. The molecule has 0 unspecified atom stereocenters. The molecule has 3 aromatic rings. The molecule has 36 heavy (non-hydrogen) atoms. The van der Waals surface area contributed by atoms with Crippen molar-refractivity contribution in [3.05, 3.63) is 83.0 Å². The van der Waals surface area contributed by atoms with Crippen molar-refractivity contribution in [3.63, 3.8) is 0 Å². The van der Waals surface area contributed by atoms with E-state index in [2.05, 4.69) is 32.5 Å². The number of hydrogen-bond donors (Lipinski definition) is 1. The van der Waals surface area contributed by atoms with Crippen molar-refractivity contribution >= 4 is 34.9 Å². The fraction of sp³-hybridized carbons (Fsp3) is 0.357. The summed E-state index contributed by atoms with van der Waals surface area (Å²) in [5, 5.41) is 11.8. The number of rotatable bonds is 6. The van der Waals surface area contributed by atoms with Gasteiger partial charge in [-0.15, -0.1) is 5.10 Å². The maximum absolute atomic E-state index is 12.8. The third-order valence-corrected chi connectivity index (χ3v) is 7.61. The quantitative estimate of drug-likeness (QED) is 0.534. The Kier molecular flexibility index (Phi) is 7.47. The maximum Gasteiger partial charge on any atom is 0.229 e. The topological polar surface area (TPSA) is 78.4 Å². The van der Waals surface area contributed by atoms with Crippen molar-refractivity contribution in [1.82, 2.24) is 15.1 Å². The van der Waals surface area contributed by atoms with E-state index in [1.807, 2.05) is 53.4 Å². The van der Waals surface area contributed by atoms with Crippen LogP contribution in [0.25, 0.3) is 0 Å². The first-order valence-corrected chi connectivity index (χ1v) is 12.9. The molecule has 1 atom stereocenters. The lowest BCUT2D eigenvalue weighted by Gasteiger charge is -2.32. The van der Waals surface area contributed by atoms with Crippen LogP contribution in [0.1, 0.15) is 36.3 Å². The largest absolute Gasteiger partial charge is 0.354 e. The Labute approximate surface area is 216 Å². The van der Waals surface area contributed by atoms with Crippen LogP contribution in [0.4, 0.5) is 11.5 Å². The molecule has 2 amide bonds. The van der Waals surface area contributed by atoms with Gasteiger partial charge in [-0.3, -0.25) is 9.59 Å². The van der Waals surface area contributed by atoms with E-state index < -0.39 is 0 Å². The highest BCUT2D eigenvalue weighted by molar-refractivity contribution is 6.31. The number of benzene rings is 2. The molecule has 0 bridgehead atoms. The second-order valence-electron chi connectivity index (χ2n) is 9.55. The van der Waals surface area contributed by atoms with Crippen molar-refractivity contribution in [2.45, 2.75) is 31.6 Å². The smallest absolute Gasteiger partial charge is 0.229 e. The summed E-state index contributed by atoms with van der Waals surface area (Å²) in [7, 11) is 0. The van der Waals surface area contributed by atoms with Crippen LogP contribution in [-0.4, -0.2) is 53.1 Å². The number of carbonyl (C=O) groups is 2. The summed E-state index contributed by atoms with van der Waals surface area (Å²) in [6, 6.07) is 19.5. The summed E-state index contributed by atoms with van der Waals surface area (Å²) in [6.07, 6.45) is 4.66. The number of halogens is 1. The second-order valence-corrected chi connectivity index (χ2v) is 9.96. The van der Waals surface area contributed by atoms with Crippen LogP contribution in [0.5, 0.6) is 0 Å². The Bertz CT molecular complexity index is 1200. The number of carbonyl (C=O) groups excluding carboxylic acids is 2. The first kappa shape index (κ1) is 24.3. The van der Waals surface area contributed by atoms with Gasteiger partial charge in [-0.05, 0) is 66.6 Å². The molecule has 8 heteroatoms. The zero-order valence-electron chi connectivity index (χ0n) is 20.1. The molecule has 3 heterocycles. The van der Waals surface area contributed by atoms with Crippen LogP contribution >= 0.6 is 11.6 Å². The monoisotopic (exact) mass is 503 g/mol. The van der Waals surface area contributed by atoms with Crippen molar-refractivity contribution in [1.29, 1.82) is 0 Å². The fourth-order valence-corrected chi connectivity index (χ4v) is 5.31. The van der Waals surface area contributed by atoms with E-state index in [0.717, 1.165) is 56.0 Å². The molecule has 186 valence electrons. The van der Waals surface area contributed by atoms with Gasteiger partial charge in [0.15, 0.2) is 5.82 Å². The molecule has 2 aliphatic rings. The van der Waals surface area contributed by atoms with Crippen LogP contribution in [0.3, 0.4) is 0 Å². The van der Waals surface area contributed by atoms with E-state index in [4.69, 9.17) is 11.6 Å². The van der Waals surface area contributed by atoms with E-state index in [1.165, 1.54) is 5.56 Å². The third-order valence-electron chi connectivity index (χ3n) is 7.24. The van der Waals surface area contributed by atoms with Crippen molar-refractivity contribution in [2.24, 2.45) is 5.92 Å². The summed E-state index contributed by atoms with van der Waals surface area (Å²) in [6.45, 7) is 2.94. The molecule has 5 rings (SSSR count). The van der Waals surface area contributed by atoms with Crippen LogP contribution < -0.4 is 10.2 Å². The van der Waals surface area contributed by atoms with Crippen LogP contribution in [0.2, 0.25) is 5.02 Å². The van der Waals surface area contributed by atoms with Crippen LogP contribution in [0, 0.1) is 5.92 Å². The number of piperidine rings is 1. The lowest BCUT2D eigenvalue weighted by Crippen LogP contribution is -2.38. The highest BCUT2D eigenvalue weighted by Gasteiger charge is 2.29. The molecule has 2 aromatic carbocycles. The van der Waals surface area contributed by atoms with Gasteiger partial charge in [0.1, 0.15) is 0 Å². The Morgan fingerprint density at radius 2 is 1.72 bits per heavy atom. The molecule has 0 spiro atoms. The number of anilines is 2. The number of nitrogens with one attached hydrogen (secondary N) is 1. The zero-order valence-corrected chi connectivity index (χ0v) is 20.9. The van der Waals surface area contributed by atoms with E-state index in [9.17, 15) is 9.59 Å². The maximum atomic E-state index is 12.8. The lowest BCUT2D eigenvalue weighted by atomic mass is 9.89. The molecule has 0 aliphatic carbocycles. The summed E-state index contributed by atoms with van der Waals surface area (Å²) in [5.74, 6) is 1.33.